The third-order valence-electron chi connectivity index (χ3n) is 4.10. The Labute approximate surface area is 113 Å². The number of likely N-dealkylation sites (tertiary alicyclic amines) is 1. The number of aliphatic carboxylic acids is 1. The Morgan fingerprint density at radius 2 is 2.15 bits per heavy atom. The van der Waals surface area contributed by atoms with Crippen molar-refractivity contribution in [2.75, 3.05) is 19.7 Å². The predicted molar refractivity (Wildman–Crippen MR) is 60.8 cm³/mol. The summed E-state index contributed by atoms with van der Waals surface area (Å²) in [5.41, 5.74) is -1.49. The van der Waals surface area contributed by atoms with Gasteiger partial charge in [0.1, 0.15) is 6.61 Å². The number of carboxylic acid groups (broad SMARTS) is 1. The van der Waals surface area contributed by atoms with Crippen LogP contribution in [0.4, 0.5) is 18.0 Å². The van der Waals surface area contributed by atoms with Gasteiger partial charge in [0.05, 0.1) is 11.3 Å². The zero-order valence-electron chi connectivity index (χ0n) is 10.5. The summed E-state index contributed by atoms with van der Waals surface area (Å²) in [7, 11) is 0. The van der Waals surface area contributed by atoms with Gasteiger partial charge in [0, 0.05) is 19.0 Å². The lowest BCUT2D eigenvalue weighted by Gasteiger charge is -2.47. The van der Waals surface area contributed by atoms with Crippen LogP contribution in [0.3, 0.4) is 0 Å². The average molecular weight is 293 g/mol. The fraction of sp³-hybridized carbons (Fsp3) is 0.667. The van der Waals surface area contributed by atoms with Crippen LogP contribution >= 0.6 is 0 Å². The molecule has 0 radical (unpaired) electrons. The van der Waals surface area contributed by atoms with E-state index in [0.29, 0.717) is 0 Å². The second-order valence-corrected chi connectivity index (χ2v) is 5.17. The number of hydrogen-bond donors (Lipinski definition) is 1. The van der Waals surface area contributed by atoms with Crippen LogP contribution in [0.2, 0.25) is 0 Å². The highest BCUT2D eigenvalue weighted by Crippen LogP contribution is 2.60. The molecule has 0 unspecified atom stereocenters. The minimum atomic E-state index is -4.44. The number of carbonyl (C=O) groups is 2. The molecule has 1 saturated heterocycles. The molecule has 2 aliphatic rings. The van der Waals surface area contributed by atoms with Crippen LogP contribution in [-0.4, -0.2) is 47.9 Å². The average Bonchev–Trinajstić information content (AvgIpc) is 2.59. The van der Waals surface area contributed by atoms with Gasteiger partial charge in [-0.15, -0.1) is 0 Å². The van der Waals surface area contributed by atoms with Crippen molar-refractivity contribution in [1.29, 1.82) is 0 Å². The molecule has 1 saturated carbocycles. The van der Waals surface area contributed by atoms with E-state index in [0.717, 1.165) is 4.90 Å². The lowest BCUT2D eigenvalue weighted by Crippen LogP contribution is -2.57. The minimum absolute atomic E-state index is 0.0667. The van der Waals surface area contributed by atoms with Crippen molar-refractivity contribution in [2.45, 2.75) is 12.6 Å². The summed E-state index contributed by atoms with van der Waals surface area (Å²) in [6.07, 6.45) is -4.40. The van der Waals surface area contributed by atoms with Crippen molar-refractivity contribution < 1.29 is 32.6 Å². The van der Waals surface area contributed by atoms with Crippen molar-refractivity contribution in [3.8, 4) is 0 Å². The fourth-order valence-corrected chi connectivity index (χ4v) is 3.06. The highest BCUT2D eigenvalue weighted by Gasteiger charge is 2.70. The van der Waals surface area contributed by atoms with Gasteiger partial charge in [-0.3, -0.25) is 4.79 Å². The van der Waals surface area contributed by atoms with Gasteiger partial charge in [0.2, 0.25) is 0 Å². The first-order valence-electron chi connectivity index (χ1n) is 6.05. The first-order valence-corrected chi connectivity index (χ1v) is 6.05. The van der Waals surface area contributed by atoms with Crippen LogP contribution in [0.25, 0.3) is 0 Å². The van der Waals surface area contributed by atoms with Crippen LogP contribution in [0.5, 0.6) is 0 Å². The Kier molecular flexibility index (Phi) is 3.43. The first-order chi connectivity index (χ1) is 9.22. The molecular formula is C12H14F3NO4. The Morgan fingerprint density at radius 3 is 2.65 bits per heavy atom. The third kappa shape index (κ3) is 2.12. The maximum absolute atomic E-state index is 12.8. The van der Waals surface area contributed by atoms with Crippen molar-refractivity contribution in [1.82, 2.24) is 4.90 Å². The number of ether oxygens (including phenoxy) is 1. The van der Waals surface area contributed by atoms with Gasteiger partial charge in [-0.25, -0.2) is 4.79 Å². The Bertz CT molecular complexity index is 450. The lowest BCUT2D eigenvalue weighted by atomic mass is 9.55. The summed E-state index contributed by atoms with van der Waals surface area (Å²) >= 11 is 0. The molecule has 1 aliphatic carbocycles. The van der Waals surface area contributed by atoms with Crippen LogP contribution in [0, 0.1) is 17.3 Å². The van der Waals surface area contributed by atoms with E-state index < -0.39 is 41.9 Å². The summed E-state index contributed by atoms with van der Waals surface area (Å²) in [4.78, 5) is 23.9. The van der Waals surface area contributed by atoms with E-state index in [1.165, 1.54) is 6.08 Å². The molecule has 2 fully saturated rings. The molecule has 112 valence electrons. The van der Waals surface area contributed by atoms with Crippen LogP contribution in [0.15, 0.2) is 12.7 Å². The minimum Gasteiger partial charge on any atom is -0.481 e. The molecule has 0 aromatic carbocycles. The van der Waals surface area contributed by atoms with Gasteiger partial charge in [-0.1, -0.05) is 12.7 Å². The molecule has 1 aliphatic heterocycles. The number of hydrogen-bond acceptors (Lipinski definition) is 3. The molecule has 8 heteroatoms. The number of halogens is 3. The molecule has 0 bridgehead atoms. The zero-order chi connectivity index (χ0) is 15.1. The van der Waals surface area contributed by atoms with Gasteiger partial charge < -0.3 is 14.7 Å². The number of nitrogens with zero attached hydrogens (tertiary/aromatic N) is 1. The lowest BCUT2D eigenvalue weighted by molar-refractivity contribution is -0.242. The van der Waals surface area contributed by atoms with Crippen molar-refractivity contribution >= 4 is 12.1 Å². The van der Waals surface area contributed by atoms with E-state index in [2.05, 4.69) is 6.58 Å². The van der Waals surface area contributed by atoms with E-state index >= 15 is 0 Å². The molecular weight excluding hydrogens is 279 g/mol. The maximum Gasteiger partial charge on any atom is 0.410 e. The number of fused-ring (bicyclic) bond motifs is 1. The number of amides is 1. The van der Waals surface area contributed by atoms with Gasteiger partial charge >= 0.3 is 18.2 Å². The van der Waals surface area contributed by atoms with Crippen molar-refractivity contribution in [3.63, 3.8) is 0 Å². The van der Waals surface area contributed by atoms with E-state index in [-0.39, 0.29) is 19.7 Å². The van der Waals surface area contributed by atoms with E-state index in [1.54, 1.807) is 0 Å². The second kappa shape index (κ2) is 4.68. The molecule has 5 nitrogen and oxygen atoms in total. The smallest absolute Gasteiger partial charge is 0.410 e. The van der Waals surface area contributed by atoms with Gasteiger partial charge in [-0.2, -0.15) is 13.2 Å². The fourth-order valence-electron chi connectivity index (χ4n) is 3.06. The van der Waals surface area contributed by atoms with Crippen LogP contribution in [0.1, 0.15) is 6.42 Å². The van der Waals surface area contributed by atoms with Crippen molar-refractivity contribution in [3.05, 3.63) is 12.7 Å². The zero-order valence-corrected chi connectivity index (χ0v) is 10.5. The standard InChI is InChI=1S/C12H14F3NO4/c1-2-3-20-10(19)16-5-8-7(12(13,14)15)4-11(8,6-16)9(17)18/h2,7-8H,1,3-6H2,(H,17,18)/t7-,8+,11-/m0/s1. The first kappa shape index (κ1) is 14.7. The molecule has 0 spiro atoms. The highest BCUT2D eigenvalue weighted by atomic mass is 19.4. The summed E-state index contributed by atoms with van der Waals surface area (Å²) < 4.78 is 43.0. The normalized spacial score (nSPS) is 32.2. The Balaban J connectivity index is 2.13. The number of carboxylic acids is 1. The largest absolute Gasteiger partial charge is 0.481 e. The molecule has 0 aromatic heterocycles. The van der Waals surface area contributed by atoms with E-state index in [1.807, 2.05) is 0 Å². The van der Waals surface area contributed by atoms with Crippen LogP contribution in [-0.2, 0) is 9.53 Å². The van der Waals surface area contributed by atoms with Gasteiger partial charge in [-0.05, 0) is 6.42 Å². The molecule has 1 amide bonds. The van der Waals surface area contributed by atoms with E-state index in [9.17, 15) is 27.9 Å². The quantitative estimate of drug-likeness (QED) is 0.807. The molecule has 3 atom stereocenters. The molecule has 0 aromatic rings. The van der Waals surface area contributed by atoms with Crippen LogP contribution < -0.4 is 0 Å². The number of rotatable bonds is 3. The van der Waals surface area contributed by atoms with Crippen molar-refractivity contribution in [2.24, 2.45) is 17.3 Å². The predicted octanol–water partition coefficient (Wildman–Crippen LogP) is 1.89. The Hall–Kier alpha value is -1.73. The molecule has 1 heterocycles. The monoisotopic (exact) mass is 293 g/mol. The third-order valence-corrected chi connectivity index (χ3v) is 4.10. The summed E-state index contributed by atoms with van der Waals surface area (Å²) in [5, 5.41) is 9.19. The number of carbonyl (C=O) groups excluding carboxylic acids is 1. The topological polar surface area (TPSA) is 66.8 Å². The van der Waals surface area contributed by atoms with E-state index in [4.69, 9.17) is 4.74 Å². The second-order valence-electron chi connectivity index (χ2n) is 5.17. The summed E-state index contributed by atoms with van der Waals surface area (Å²) in [5.74, 6) is -4.06. The number of alkyl halides is 3. The van der Waals surface area contributed by atoms with Gasteiger partial charge in [0.25, 0.3) is 0 Å². The maximum atomic E-state index is 12.8. The molecule has 2 rings (SSSR count). The summed E-state index contributed by atoms with van der Waals surface area (Å²) in [6.45, 7) is 2.80. The SMILES string of the molecule is C=CCOC(=O)N1C[C@@H]2[C@@H](C(F)(F)F)C[C@]2(C(=O)O)C1. The van der Waals surface area contributed by atoms with Gasteiger partial charge in [0.15, 0.2) is 0 Å². The highest BCUT2D eigenvalue weighted by molar-refractivity contribution is 5.80. The Morgan fingerprint density at radius 1 is 1.50 bits per heavy atom. The summed E-state index contributed by atoms with van der Waals surface area (Å²) in [6, 6.07) is 0. The molecule has 20 heavy (non-hydrogen) atoms. The molecule has 1 N–H and O–H groups in total.